The molecular weight excluding hydrogens is 208 g/mol. The molecule has 0 unspecified atom stereocenters. The van der Waals surface area contributed by atoms with Gasteiger partial charge in [-0.1, -0.05) is 13.8 Å². The SMILES string of the molecule is CC(C)C1(Cc2cc(F)cc(F)c2)CNC1. The lowest BCUT2D eigenvalue weighted by molar-refractivity contribution is 0.0993. The van der Waals surface area contributed by atoms with E-state index in [9.17, 15) is 8.78 Å². The molecule has 1 heterocycles. The summed E-state index contributed by atoms with van der Waals surface area (Å²) in [5, 5.41) is 3.25. The van der Waals surface area contributed by atoms with Crippen LogP contribution in [0.1, 0.15) is 19.4 Å². The highest BCUT2D eigenvalue weighted by Crippen LogP contribution is 2.35. The van der Waals surface area contributed by atoms with Crippen molar-refractivity contribution >= 4 is 0 Å². The molecule has 0 radical (unpaired) electrons. The van der Waals surface area contributed by atoms with E-state index in [0.717, 1.165) is 31.1 Å². The summed E-state index contributed by atoms with van der Waals surface area (Å²) in [6, 6.07) is 3.79. The van der Waals surface area contributed by atoms with E-state index in [0.29, 0.717) is 5.92 Å². The van der Waals surface area contributed by atoms with Gasteiger partial charge in [-0.15, -0.1) is 0 Å². The molecule has 0 aromatic heterocycles. The zero-order chi connectivity index (χ0) is 11.8. The first-order valence-corrected chi connectivity index (χ1v) is 5.67. The molecule has 0 spiro atoms. The van der Waals surface area contributed by atoms with Crippen molar-refractivity contribution in [2.24, 2.45) is 11.3 Å². The maximum atomic E-state index is 13.1. The van der Waals surface area contributed by atoms with Gasteiger partial charge < -0.3 is 5.32 Å². The van der Waals surface area contributed by atoms with E-state index < -0.39 is 11.6 Å². The second-order valence-electron chi connectivity index (χ2n) is 5.08. The van der Waals surface area contributed by atoms with E-state index in [1.54, 1.807) is 0 Å². The van der Waals surface area contributed by atoms with Gasteiger partial charge >= 0.3 is 0 Å². The fraction of sp³-hybridized carbons (Fsp3) is 0.538. The minimum Gasteiger partial charge on any atom is -0.315 e. The summed E-state index contributed by atoms with van der Waals surface area (Å²) < 4.78 is 26.1. The number of nitrogens with one attached hydrogen (secondary N) is 1. The second kappa shape index (κ2) is 4.13. The molecular formula is C13H17F2N. The number of benzene rings is 1. The first-order chi connectivity index (χ1) is 7.52. The molecule has 1 aromatic rings. The molecule has 0 saturated carbocycles. The standard InChI is InChI=1S/C13H17F2N/c1-9(2)13(7-16-8-13)6-10-3-11(14)5-12(15)4-10/h3-5,9,16H,6-8H2,1-2H3. The molecule has 0 bridgehead atoms. The van der Waals surface area contributed by atoms with Crippen molar-refractivity contribution in [3.8, 4) is 0 Å². The van der Waals surface area contributed by atoms with Crippen LogP contribution in [-0.2, 0) is 6.42 Å². The second-order valence-corrected chi connectivity index (χ2v) is 5.08. The van der Waals surface area contributed by atoms with E-state index in [4.69, 9.17) is 0 Å². The lowest BCUT2D eigenvalue weighted by Gasteiger charge is -2.46. The highest BCUT2D eigenvalue weighted by molar-refractivity contribution is 5.21. The highest BCUT2D eigenvalue weighted by atomic mass is 19.1. The normalized spacial score (nSPS) is 18.6. The third-order valence-electron chi connectivity index (χ3n) is 3.66. The molecule has 2 rings (SSSR count). The van der Waals surface area contributed by atoms with Crippen molar-refractivity contribution < 1.29 is 8.78 Å². The molecule has 16 heavy (non-hydrogen) atoms. The van der Waals surface area contributed by atoms with Crippen molar-refractivity contribution in [2.45, 2.75) is 20.3 Å². The van der Waals surface area contributed by atoms with E-state index in [2.05, 4.69) is 19.2 Å². The number of hydrogen-bond donors (Lipinski definition) is 1. The van der Waals surface area contributed by atoms with Crippen molar-refractivity contribution in [3.05, 3.63) is 35.4 Å². The summed E-state index contributed by atoms with van der Waals surface area (Å²) in [5.74, 6) is -0.456. The lowest BCUT2D eigenvalue weighted by atomic mass is 9.68. The van der Waals surface area contributed by atoms with Gasteiger partial charge in [-0.25, -0.2) is 8.78 Å². The summed E-state index contributed by atoms with van der Waals surface area (Å²) >= 11 is 0. The number of hydrogen-bond acceptors (Lipinski definition) is 1. The monoisotopic (exact) mass is 225 g/mol. The molecule has 0 atom stereocenters. The average Bonchev–Trinajstić information content (AvgIpc) is 2.09. The van der Waals surface area contributed by atoms with Crippen LogP contribution >= 0.6 is 0 Å². The topological polar surface area (TPSA) is 12.0 Å². The minimum atomic E-state index is -0.485. The fourth-order valence-electron chi connectivity index (χ4n) is 2.30. The fourth-order valence-corrected chi connectivity index (χ4v) is 2.30. The predicted octanol–water partition coefficient (Wildman–Crippen LogP) is 2.75. The first-order valence-electron chi connectivity index (χ1n) is 5.67. The zero-order valence-corrected chi connectivity index (χ0v) is 9.69. The Hall–Kier alpha value is -0.960. The van der Waals surface area contributed by atoms with Crippen LogP contribution in [0.2, 0.25) is 0 Å². The van der Waals surface area contributed by atoms with Crippen molar-refractivity contribution in [1.82, 2.24) is 5.32 Å². The Labute approximate surface area is 94.9 Å². The lowest BCUT2D eigenvalue weighted by Crippen LogP contribution is -2.57. The largest absolute Gasteiger partial charge is 0.315 e. The van der Waals surface area contributed by atoms with Gasteiger partial charge in [0.1, 0.15) is 11.6 Å². The summed E-state index contributed by atoms with van der Waals surface area (Å²) in [6.07, 6.45) is 0.742. The van der Waals surface area contributed by atoms with Crippen molar-refractivity contribution in [1.29, 1.82) is 0 Å². The van der Waals surface area contributed by atoms with Crippen LogP contribution in [0, 0.1) is 23.0 Å². The Bertz CT molecular complexity index is 363. The van der Waals surface area contributed by atoms with Crippen LogP contribution in [0.4, 0.5) is 8.78 Å². The summed E-state index contributed by atoms with van der Waals surface area (Å²) in [5.41, 5.74) is 0.924. The quantitative estimate of drug-likeness (QED) is 0.834. The average molecular weight is 225 g/mol. The minimum absolute atomic E-state index is 0.167. The molecule has 0 aliphatic carbocycles. The van der Waals surface area contributed by atoms with Crippen LogP contribution in [-0.4, -0.2) is 13.1 Å². The third kappa shape index (κ3) is 2.09. The van der Waals surface area contributed by atoms with Gasteiger partial charge in [0, 0.05) is 24.6 Å². The van der Waals surface area contributed by atoms with Gasteiger partial charge in [0.2, 0.25) is 0 Å². The van der Waals surface area contributed by atoms with Gasteiger partial charge in [0.05, 0.1) is 0 Å². The molecule has 1 fully saturated rings. The molecule has 1 saturated heterocycles. The summed E-state index contributed by atoms with van der Waals surface area (Å²) in [4.78, 5) is 0. The summed E-state index contributed by atoms with van der Waals surface area (Å²) in [7, 11) is 0. The van der Waals surface area contributed by atoms with E-state index in [-0.39, 0.29) is 5.41 Å². The summed E-state index contributed by atoms with van der Waals surface area (Å²) in [6.45, 7) is 6.19. The maximum Gasteiger partial charge on any atom is 0.126 e. The van der Waals surface area contributed by atoms with E-state index in [1.165, 1.54) is 12.1 Å². The Balaban J connectivity index is 2.19. The molecule has 88 valence electrons. The predicted molar refractivity (Wildman–Crippen MR) is 60.2 cm³/mol. The Morgan fingerprint density at radius 1 is 1.19 bits per heavy atom. The first kappa shape index (κ1) is 11.5. The molecule has 1 aliphatic heterocycles. The van der Waals surface area contributed by atoms with Crippen LogP contribution < -0.4 is 5.32 Å². The van der Waals surface area contributed by atoms with Gasteiger partial charge in [0.15, 0.2) is 0 Å². The highest BCUT2D eigenvalue weighted by Gasteiger charge is 2.39. The Kier molecular flexibility index (Phi) is 2.98. The van der Waals surface area contributed by atoms with Gasteiger partial charge in [-0.3, -0.25) is 0 Å². The molecule has 0 amide bonds. The van der Waals surface area contributed by atoms with Crippen molar-refractivity contribution in [2.75, 3.05) is 13.1 Å². The van der Waals surface area contributed by atoms with Crippen LogP contribution in [0.25, 0.3) is 0 Å². The molecule has 1 nitrogen and oxygen atoms in total. The van der Waals surface area contributed by atoms with Crippen LogP contribution in [0.15, 0.2) is 18.2 Å². The molecule has 3 heteroatoms. The van der Waals surface area contributed by atoms with Crippen LogP contribution in [0.3, 0.4) is 0 Å². The van der Waals surface area contributed by atoms with Crippen LogP contribution in [0.5, 0.6) is 0 Å². The maximum absolute atomic E-state index is 13.1. The molecule has 1 aromatic carbocycles. The van der Waals surface area contributed by atoms with Gasteiger partial charge in [-0.2, -0.15) is 0 Å². The number of halogens is 2. The number of rotatable bonds is 3. The van der Waals surface area contributed by atoms with Gasteiger partial charge in [-0.05, 0) is 30.0 Å². The Morgan fingerprint density at radius 3 is 2.12 bits per heavy atom. The zero-order valence-electron chi connectivity index (χ0n) is 9.69. The molecule has 1 N–H and O–H groups in total. The third-order valence-corrected chi connectivity index (χ3v) is 3.66. The smallest absolute Gasteiger partial charge is 0.126 e. The van der Waals surface area contributed by atoms with E-state index in [1.807, 2.05) is 0 Å². The Morgan fingerprint density at radius 2 is 1.75 bits per heavy atom. The molecule has 1 aliphatic rings. The van der Waals surface area contributed by atoms with E-state index >= 15 is 0 Å². The van der Waals surface area contributed by atoms with Gasteiger partial charge in [0.25, 0.3) is 0 Å². The van der Waals surface area contributed by atoms with Crippen molar-refractivity contribution in [3.63, 3.8) is 0 Å².